The van der Waals surface area contributed by atoms with Crippen molar-refractivity contribution in [2.45, 2.75) is 6.92 Å². The molecule has 0 amide bonds. The minimum absolute atomic E-state index is 0.791. The van der Waals surface area contributed by atoms with Gasteiger partial charge in [0.1, 0.15) is 0 Å². The first kappa shape index (κ1) is 21.8. The molecule has 1 aliphatic heterocycles. The van der Waals surface area contributed by atoms with E-state index in [1.54, 1.807) is 0 Å². The fourth-order valence-corrected chi connectivity index (χ4v) is 9.27. The van der Waals surface area contributed by atoms with Gasteiger partial charge in [-0.05, 0) is 57.3 Å². The van der Waals surface area contributed by atoms with Crippen molar-refractivity contribution >= 4 is 66.6 Å². The number of hydrogen-bond acceptors (Lipinski definition) is 3. The zero-order valence-corrected chi connectivity index (χ0v) is 22.0. The van der Waals surface area contributed by atoms with Crippen LogP contribution in [0.15, 0.2) is 101 Å². The highest BCUT2D eigenvalue weighted by Gasteiger charge is 2.55. The van der Waals surface area contributed by atoms with E-state index in [9.17, 15) is 0 Å². The highest BCUT2D eigenvalue weighted by molar-refractivity contribution is 7.41. The first-order valence-electron chi connectivity index (χ1n) is 11.6. The summed E-state index contributed by atoms with van der Waals surface area (Å²) in [5.74, 6) is 0. The lowest BCUT2D eigenvalue weighted by molar-refractivity contribution is 0.612. The van der Waals surface area contributed by atoms with E-state index in [2.05, 4.69) is 122 Å². The van der Waals surface area contributed by atoms with Crippen molar-refractivity contribution < 1.29 is 0 Å². The molecular weight excluding hydrogens is 469 g/mol. The Hall–Kier alpha value is -2.70. The maximum Gasteiger partial charge on any atom is 0.316 e. The molecule has 1 nitrogen and oxygen atoms in total. The second-order valence-electron chi connectivity index (χ2n) is 9.54. The van der Waals surface area contributed by atoms with Crippen molar-refractivity contribution in [3.8, 4) is 0 Å². The Balaban J connectivity index is 1.87. The Morgan fingerprint density at radius 3 is 1.85 bits per heavy atom. The molecule has 0 saturated carbocycles. The van der Waals surface area contributed by atoms with Crippen LogP contribution in [0.3, 0.4) is 0 Å². The van der Waals surface area contributed by atoms with Crippen LogP contribution in [0.2, 0.25) is 0 Å². The highest BCUT2D eigenvalue weighted by Crippen LogP contribution is 2.51. The summed E-state index contributed by atoms with van der Waals surface area (Å²) in [6.07, 6.45) is -1.34. The molecule has 3 aromatic heterocycles. The van der Waals surface area contributed by atoms with E-state index in [0.29, 0.717) is 0 Å². The van der Waals surface area contributed by atoms with Crippen molar-refractivity contribution in [3.05, 3.63) is 123 Å². The first-order chi connectivity index (χ1) is 16.5. The minimum Gasteiger partial charge on any atom is -0.473 e. The van der Waals surface area contributed by atoms with Crippen LogP contribution in [-0.4, -0.2) is 20.4 Å². The number of quaternary nitrogens is 1. The van der Waals surface area contributed by atoms with E-state index in [-0.39, 0.29) is 0 Å². The summed E-state index contributed by atoms with van der Waals surface area (Å²) in [4.78, 5) is 1.36. The zero-order chi connectivity index (χ0) is 23.3. The van der Waals surface area contributed by atoms with Crippen LogP contribution in [0.4, 0.5) is 5.69 Å². The highest BCUT2D eigenvalue weighted by atomic mass is 32.1. The van der Waals surface area contributed by atoms with Gasteiger partial charge >= 0.3 is 6.28 Å². The van der Waals surface area contributed by atoms with Gasteiger partial charge in [-0.25, -0.2) is 0 Å². The van der Waals surface area contributed by atoms with Gasteiger partial charge in [0, 0.05) is 19.7 Å². The van der Waals surface area contributed by atoms with Gasteiger partial charge in [0.15, 0.2) is 0 Å². The summed E-state index contributed by atoms with van der Waals surface area (Å²) >= 11 is 5.65. The third-order valence-electron chi connectivity index (χ3n) is 7.49. The molecule has 34 heavy (non-hydrogen) atoms. The van der Waals surface area contributed by atoms with Crippen LogP contribution in [0.5, 0.6) is 0 Å². The van der Waals surface area contributed by atoms with Gasteiger partial charge in [-0.15, -0.1) is 16.8 Å². The fourth-order valence-electron chi connectivity index (χ4n) is 5.98. The van der Waals surface area contributed by atoms with Crippen LogP contribution in [0.25, 0.3) is 11.0 Å². The molecule has 4 heterocycles. The zero-order valence-electron chi connectivity index (χ0n) is 19.6. The van der Waals surface area contributed by atoms with E-state index in [1.807, 2.05) is 34.0 Å². The van der Waals surface area contributed by atoms with E-state index in [1.165, 1.54) is 47.9 Å². The predicted molar refractivity (Wildman–Crippen MR) is 155 cm³/mol. The number of hydrogen-bond donors (Lipinski definition) is 0. The van der Waals surface area contributed by atoms with Gasteiger partial charge in [-0.2, -0.15) is 22.7 Å². The van der Waals surface area contributed by atoms with Gasteiger partial charge in [0.25, 0.3) is 0 Å². The van der Waals surface area contributed by atoms with Crippen LogP contribution in [-0.2, 0) is 0 Å². The number of aryl methyl sites for hydroxylation is 1. The normalized spacial score (nSPS) is 16.4. The Bertz CT molecular complexity index is 1420. The molecule has 6 rings (SSSR count). The van der Waals surface area contributed by atoms with Crippen LogP contribution >= 0.6 is 34.0 Å². The molecule has 168 valence electrons. The molecule has 0 atom stereocenters. The molecule has 0 N–H and O–H groups in total. The summed E-state index contributed by atoms with van der Waals surface area (Å²) in [6.45, 7) is 2.17. The Morgan fingerprint density at radius 1 is 0.647 bits per heavy atom. The van der Waals surface area contributed by atoms with Crippen molar-refractivity contribution in [2.24, 2.45) is 0 Å². The summed E-state index contributed by atoms with van der Waals surface area (Å²) in [7, 11) is 4.83. The van der Waals surface area contributed by atoms with Gasteiger partial charge in [0.05, 0.1) is 5.69 Å². The number of para-hydroxylation sites is 1. The molecular formula is C29H26BNS3. The minimum atomic E-state index is -1.34. The molecule has 2 aromatic carbocycles. The summed E-state index contributed by atoms with van der Waals surface area (Å²) < 4.78 is 3.67. The molecule has 0 radical (unpaired) electrons. The van der Waals surface area contributed by atoms with Crippen LogP contribution in [0.1, 0.15) is 21.6 Å². The molecule has 0 aliphatic carbocycles. The van der Waals surface area contributed by atoms with E-state index in [4.69, 9.17) is 0 Å². The molecule has 0 saturated heterocycles. The second kappa shape index (κ2) is 8.21. The van der Waals surface area contributed by atoms with Crippen molar-refractivity contribution in [1.29, 1.82) is 0 Å². The quantitative estimate of drug-likeness (QED) is 0.235. The van der Waals surface area contributed by atoms with Gasteiger partial charge in [0.2, 0.25) is 0 Å². The fraction of sp³-hybridized carbons (Fsp3) is 0.103. The van der Waals surface area contributed by atoms with E-state index in [0.717, 1.165) is 4.39 Å². The number of nitrogens with zero attached hydrogens (tertiary/aromatic N) is 1. The second-order valence-corrected chi connectivity index (χ2v) is 12.4. The van der Waals surface area contributed by atoms with E-state index < -0.39 is 6.28 Å². The Kier molecular flexibility index (Phi) is 5.27. The predicted octanol–water partition coefficient (Wildman–Crippen LogP) is 7.02. The summed E-state index contributed by atoms with van der Waals surface area (Å²) in [6, 6.07) is 31.8. The smallest absolute Gasteiger partial charge is 0.316 e. The van der Waals surface area contributed by atoms with E-state index >= 15 is 0 Å². The third-order valence-corrected chi connectivity index (χ3v) is 10.5. The molecule has 1 aliphatic rings. The third kappa shape index (κ3) is 3.01. The Morgan fingerprint density at radius 2 is 1.26 bits per heavy atom. The average Bonchev–Trinajstić information content (AvgIpc) is 3.64. The molecule has 5 aromatic rings. The number of fused-ring (bicyclic) bond motifs is 1. The van der Waals surface area contributed by atoms with Crippen molar-refractivity contribution in [1.82, 2.24) is 4.39 Å². The van der Waals surface area contributed by atoms with Crippen molar-refractivity contribution in [2.75, 3.05) is 14.1 Å². The van der Waals surface area contributed by atoms with Crippen LogP contribution in [0, 0.1) is 6.92 Å². The lowest BCUT2D eigenvalue weighted by Crippen LogP contribution is -2.79. The van der Waals surface area contributed by atoms with Crippen molar-refractivity contribution in [3.63, 3.8) is 0 Å². The van der Waals surface area contributed by atoms with Gasteiger partial charge < -0.3 is 4.39 Å². The molecule has 0 bridgehead atoms. The number of thiophene rings is 3. The van der Waals surface area contributed by atoms with Crippen LogP contribution < -0.4 is 13.9 Å². The van der Waals surface area contributed by atoms with Gasteiger partial charge in [-0.1, -0.05) is 81.8 Å². The largest absolute Gasteiger partial charge is 0.473 e. The van der Waals surface area contributed by atoms with Gasteiger partial charge in [-0.3, -0.25) is 0 Å². The number of benzene rings is 2. The lowest BCUT2D eigenvalue weighted by Gasteiger charge is -2.59. The lowest BCUT2D eigenvalue weighted by atomic mass is 9.24. The maximum absolute atomic E-state index is 2.41. The molecule has 0 unspecified atom stereocenters. The standard InChI is InChI=1S/C29H26BNS3/c1-21-14-16-22(17-15-21)28-23-9-4-5-10-24(23)31(2,3)30(26-12-7-19-33-26,27-13-8-20-34-27)29(28)25-11-6-18-32-25/h4-20H,1-3H3. The molecule has 0 spiro atoms. The average molecular weight is 496 g/mol. The summed E-state index contributed by atoms with van der Waals surface area (Å²) in [5, 5.41) is 6.70. The Labute approximate surface area is 213 Å². The summed E-state index contributed by atoms with van der Waals surface area (Å²) in [5.41, 5.74) is 8.13. The molecule has 5 heteroatoms. The molecule has 0 fully saturated rings. The first-order valence-corrected chi connectivity index (χ1v) is 14.2. The number of rotatable bonds is 4. The monoisotopic (exact) mass is 495 g/mol. The maximum atomic E-state index is 2.41. The SMILES string of the molecule is Cc1ccc(C2=C(c3cccs3)[B-](c3cccs3)(c3cccs3)[N+](C)(C)c3ccccc32)cc1. The topological polar surface area (TPSA) is 0 Å².